The average Bonchev–Trinajstić information content (AvgIpc) is 2.33. The molecule has 1 aromatic carbocycles. The maximum absolute atomic E-state index is 12.0. The van der Waals surface area contributed by atoms with E-state index >= 15 is 0 Å². The Morgan fingerprint density at radius 2 is 2.35 bits per heavy atom. The average molecular weight is 232 g/mol. The van der Waals surface area contributed by atoms with Gasteiger partial charge in [0.15, 0.2) is 0 Å². The summed E-state index contributed by atoms with van der Waals surface area (Å²) in [5.41, 5.74) is 7.75. The number of aryl methyl sites for hydroxylation is 1. The first-order valence-electron chi connectivity index (χ1n) is 5.84. The molecule has 0 aromatic heterocycles. The molecule has 0 aliphatic heterocycles. The van der Waals surface area contributed by atoms with Crippen molar-refractivity contribution in [2.75, 3.05) is 13.1 Å². The Kier molecular flexibility index (Phi) is 5.43. The van der Waals surface area contributed by atoms with Gasteiger partial charge in [0.25, 0.3) is 0 Å². The summed E-state index contributed by atoms with van der Waals surface area (Å²) in [6.45, 7) is 6.60. The Balaban J connectivity index is 2.84. The molecular formula is C14H20N2O. The van der Waals surface area contributed by atoms with Crippen molar-refractivity contribution in [3.8, 4) is 0 Å². The third-order valence-electron chi connectivity index (χ3n) is 2.64. The minimum atomic E-state index is -0.167. The van der Waals surface area contributed by atoms with E-state index < -0.39 is 0 Å². The molecule has 1 atom stereocenters. The van der Waals surface area contributed by atoms with Gasteiger partial charge < -0.3 is 11.1 Å². The highest BCUT2D eigenvalue weighted by Crippen LogP contribution is 2.20. The van der Waals surface area contributed by atoms with Crippen molar-refractivity contribution in [3.05, 3.63) is 48.0 Å². The van der Waals surface area contributed by atoms with Crippen LogP contribution in [0.5, 0.6) is 0 Å². The van der Waals surface area contributed by atoms with Crippen molar-refractivity contribution in [3.63, 3.8) is 0 Å². The Labute approximate surface area is 103 Å². The van der Waals surface area contributed by atoms with Gasteiger partial charge in [-0.15, -0.1) is 6.58 Å². The molecule has 0 heterocycles. The van der Waals surface area contributed by atoms with Gasteiger partial charge in [-0.05, 0) is 25.5 Å². The lowest BCUT2D eigenvalue weighted by atomic mass is 9.93. The first kappa shape index (κ1) is 13.5. The number of rotatable bonds is 6. The molecule has 0 aliphatic rings. The van der Waals surface area contributed by atoms with Gasteiger partial charge in [-0.3, -0.25) is 4.79 Å². The maximum atomic E-state index is 12.0. The van der Waals surface area contributed by atoms with E-state index in [1.165, 1.54) is 0 Å². The van der Waals surface area contributed by atoms with Crippen LogP contribution in [0.1, 0.15) is 23.5 Å². The lowest BCUT2D eigenvalue weighted by Crippen LogP contribution is -2.30. The zero-order valence-electron chi connectivity index (χ0n) is 10.3. The van der Waals surface area contributed by atoms with Crippen LogP contribution in [0.15, 0.2) is 36.9 Å². The summed E-state index contributed by atoms with van der Waals surface area (Å²) in [7, 11) is 0. The SMILES string of the molecule is C=CCNC(=O)C(CCN)c1cccc(C)c1. The number of hydrogen-bond acceptors (Lipinski definition) is 2. The van der Waals surface area contributed by atoms with Gasteiger partial charge in [-0.2, -0.15) is 0 Å². The van der Waals surface area contributed by atoms with Crippen LogP contribution in [-0.4, -0.2) is 19.0 Å². The Bertz CT molecular complexity index is 388. The summed E-state index contributed by atoms with van der Waals surface area (Å²) >= 11 is 0. The molecule has 3 heteroatoms. The highest BCUT2D eigenvalue weighted by Gasteiger charge is 2.19. The van der Waals surface area contributed by atoms with Crippen molar-refractivity contribution in [1.29, 1.82) is 0 Å². The quantitative estimate of drug-likeness (QED) is 0.734. The Morgan fingerprint density at radius 1 is 1.59 bits per heavy atom. The third-order valence-corrected chi connectivity index (χ3v) is 2.64. The van der Waals surface area contributed by atoms with Crippen LogP contribution >= 0.6 is 0 Å². The first-order chi connectivity index (χ1) is 8.19. The smallest absolute Gasteiger partial charge is 0.227 e. The van der Waals surface area contributed by atoms with Gasteiger partial charge in [0.05, 0.1) is 5.92 Å². The van der Waals surface area contributed by atoms with Crippen molar-refractivity contribution >= 4 is 5.91 Å². The molecule has 17 heavy (non-hydrogen) atoms. The van der Waals surface area contributed by atoms with E-state index in [4.69, 9.17) is 5.73 Å². The van der Waals surface area contributed by atoms with Gasteiger partial charge in [-0.25, -0.2) is 0 Å². The number of nitrogens with two attached hydrogens (primary N) is 1. The number of nitrogens with one attached hydrogen (secondary N) is 1. The predicted octanol–water partition coefficient (Wildman–Crippen LogP) is 1.73. The lowest BCUT2D eigenvalue weighted by Gasteiger charge is -2.16. The second-order valence-electron chi connectivity index (χ2n) is 4.08. The van der Waals surface area contributed by atoms with Crippen molar-refractivity contribution in [1.82, 2.24) is 5.32 Å². The van der Waals surface area contributed by atoms with Crippen molar-refractivity contribution in [2.45, 2.75) is 19.3 Å². The monoisotopic (exact) mass is 232 g/mol. The van der Waals surface area contributed by atoms with Crippen LogP contribution in [0.4, 0.5) is 0 Å². The fourth-order valence-corrected chi connectivity index (χ4v) is 1.80. The highest BCUT2D eigenvalue weighted by atomic mass is 16.1. The molecule has 3 N–H and O–H groups in total. The van der Waals surface area contributed by atoms with E-state index in [9.17, 15) is 4.79 Å². The lowest BCUT2D eigenvalue weighted by molar-refractivity contribution is -0.122. The zero-order valence-corrected chi connectivity index (χ0v) is 10.3. The number of benzene rings is 1. The van der Waals surface area contributed by atoms with E-state index in [1.54, 1.807) is 6.08 Å². The summed E-state index contributed by atoms with van der Waals surface area (Å²) < 4.78 is 0. The van der Waals surface area contributed by atoms with Crippen LogP contribution in [-0.2, 0) is 4.79 Å². The summed E-state index contributed by atoms with van der Waals surface area (Å²) in [6, 6.07) is 7.99. The first-order valence-corrected chi connectivity index (χ1v) is 5.84. The number of amides is 1. The fraction of sp³-hybridized carbons (Fsp3) is 0.357. The largest absolute Gasteiger partial charge is 0.352 e. The fourth-order valence-electron chi connectivity index (χ4n) is 1.80. The van der Waals surface area contributed by atoms with Gasteiger partial charge in [-0.1, -0.05) is 35.9 Å². The van der Waals surface area contributed by atoms with Crippen LogP contribution in [0.3, 0.4) is 0 Å². The van der Waals surface area contributed by atoms with E-state index in [0.717, 1.165) is 11.1 Å². The van der Waals surface area contributed by atoms with Crippen LogP contribution < -0.4 is 11.1 Å². The molecule has 1 amide bonds. The molecule has 0 saturated heterocycles. The molecule has 1 aromatic rings. The van der Waals surface area contributed by atoms with Crippen molar-refractivity contribution in [2.24, 2.45) is 5.73 Å². The minimum absolute atomic E-state index is 0.0148. The maximum Gasteiger partial charge on any atom is 0.227 e. The van der Waals surface area contributed by atoms with E-state index in [2.05, 4.69) is 11.9 Å². The molecular weight excluding hydrogens is 212 g/mol. The highest BCUT2D eigenvalue weighted by molar-refractivity contribution is 5.83. The molecule has 1 unspecified atom stereocenters. The second-order valence-corrected chi connectivity index (χ2v) is 4.08. The zero-order chi connectivity index (χ0) is 12.7. The number of hydrogen-bond donors (Lipinski definition) is 2. The summed E-state index contributed by atoms with van der Waals surface area (Å²) in [5, 5.41) is 2.82. The summed E-state index contributed by atoms with van der Waals surface area (Å²) in [4.78, 5) is 12.0. The van der Waals surface area contributed by atoms with Crippen molar-refractivity contribution < 1.29 is 4.79 Å². The predicted molar refractivity (Wildman–Crippen MR) is 70.8 cm³/mol. The van der Waals surface area contributed by atoms with Gasteiger partial charge in [0, 0.05) is 6.54 Å². The molecule has 0 radical (unpaired) electrons. The molecule has 0 saturated carbocycles. The summed E-state index contributed by atoms with van der Waals surface area (Å²) in [5.74, 6) is -0.152. The van der Waals surface area contributed by atoms with E-state index in [-0.39, 0.29) is 11.8 Å². The Hall–Kier alpha value is -1.61. The van der Waals surface area contributed by atoms with Crippen LogP contribution in [0.25, 0.3) is 0 Å². The molecule has 3 nitrogen and oxygen atoms in total. The van der Waals surface area contributed by atoms with Crippen LogP contribution in [0, 0.1) is 6.92 Å². The molecule has 0 spiro atoms. The van der Waals surface area contributed by atoms with E-state index in [1.807, 2.05) is 31.2 Å². The normalized spacial score (nSPS) is 11.9. The van der Waals surface area contributed by atoms with Gasteiger partial charge in [0.2, 0.25) is 5.91 Å². The molecule has 0 aliphatic carbocycles. The van der Waals surface area contributed by atoms with Gasteiger partial charge >= 0.3 is 0 Å². The second kappa shape index (κ2) is 6.86. The standard InChI is InChI=1S/C14H20N2O/c1-3-9-16-14(17)13(7-8-15)12-6-4-5-11(2)10-12/h3-6,10,13H,1,7-9,15H2,2H3,(H,16,17). The summed E-state index contributed by atoms with van der Waals surface area (Å²) in [6.07, 6.45) is 2.33. The third kappa shape index (κ3) is 4.04. The minimum Gasteiger partial charge on any atom is -0.352 e. The molecule has 1 rings (SSSR count). The molecule has 0 bridgehead atoms. The van der Waals surface area contributed by atoms with Crippen LogP contribution in [0.2, 0.25) is 0 Å². The topological polar surface area (TPSA) is 55.1 Å². The van der Waals surface area contributed by atoms with Gasteiger partial charge in [0.1, 0.15) is 0 Å². The molecule has 92 valence electrons. The number of carbonyl (C=O) groups is 1. The van der Waals surface area contributed by atoms with E-state index in [0.29, 0.717) is 19.5 Å². The number of carbonyl (C=O) groups excluding carboxylic acids is 1. The Morgan fingerprint density at radius 3 is 2.94 bits per heavy atom. The molecule has 0 fully saturated rings.